The first kappa shape index (κ1) is 23.4. The van der Waals surface area contributed by atoms with E-state index in [1.807, 2.05) is 10.6 Å². The van der Waals surface area contributed by atoms with E-state index in [9.17, 15) is 4.79 Å². The maximum Gasteiger partial charge on any atom is 0.345 e. The normalized spacial score (nSPS) is 14.1. The Morgan fingerprint density at radius 2 is 1.97 bits per heavy atom. The molecule has 0 spiro atoms. The standard InChI is InChI=1S/C21H32N6O.HI/c1-21(2,17-10-5-4-6-11-17)16-24-19(22-3)23-13-9-15-27-20(28)26-14-8-7-12-18(26)25-27;/h4-6,10-11H,7-9,12-16H2,1-3H3,(H2,22,23,24);1H. The van der Waals surface area contributed by atoms with Crippen LogP contribution >= 0.6 is 24.0 Å². The molecule has 0 fully saturated rings. The van der Waals surface area contributed by atoms with Gasteiger partial charge in [0.25, 0.3) is 0 Å². The van der Waals surface area contributed by atoms with Gasteiger partial charge in [-0.25, -0.2) is 9.48 Å². The van der Waals surface area contributed by atoms with Gasteiger partial charge in [-0.1, -0.05) is 44.2 Å². The van der Waals surface area contributed by atoms with Crippen LogP contribution < -0.4 is 16.3 Å². The summed E-state index contributed by atoms with van der Waals surface area (Å²) in [7, 11) is 1.78. The predicted octanol–water partition coefficient (Wildman–Crippen LogP) is 2.53. The fourth-order valence-electron chi connectivity index (χ4n) is 3.55. The predicted molar refractivity (Wildman–Crippen MR) is 128 cm³/mol. The third-order valence-electron chi connectivity index (χ3n) is 5.35. The summed E-state index contributed by atoms with van der Waals surface area (Å²) in [6.45, 7) is 7.38. The molecule has 0 aliphatic carbocycles. The highest BCUT2D eigenvalue weighted by molar-refractivity contribution is 14.0. The molecule has 0 bridgehead atoms. The molecule has 0 saturated carbocycles. The van der Waals surface area contributed by atoms with Gasteiger partial charge in [-0.2, -0.15) is 5.10 Å². The van der Waals surface area contributed by atoms with E-state index in [0.717, 1.165) is 57.1 Å². The summed E-state index contributed by atoms with van der Waals surface area (Å²) < 4.78 is 3.43. The number of rotatable bonds is 7. The number of aromatic nitrogens is 3. The van der Waals surface area contributed by atoms with E-state index in [-0.39, 0.29) is 35.1 Å². The number of guanidine groups is 1. The third-order valence-corrected chi connectivity index (χ3v) is 5.35. The summed E-state index contributed by atoms with van der Waals surface area (Å²) in [4.78, 5) is 16.7. The average molecular weight is 512 g/mol. The van der Waals surface area contributed by atoms with Gasteiger partial charge in [0.1, 0.15) is 5.82 Å². The minimum absolute atomic E-state index is 0. The van der Waals surface area contributed by atoms with E-state index in [4.69, 9.17) is 0 Å². The van der Waals surface area contributed by atoms with Gasteiger partial charge in [-0.05, 0) is 24.8 Å². The second kappa shape index (κ2) is 10.8. The Hall–Kier alpha value is -1.84. The molecule has 0 unspecified atom stereocenters. The summed E-state index contributed by atoms with van der Waals surface area (Å²) in [5.41, 5.74) is 1.32. The molecule has 3 rings (SSSR count). The van der Waals surface area contributed by atoms with E-state index in [1.54, 1.807) is 11.7 Å². The number of hydrogen-bond acceptors (Lipinski definition) is 3. The first-order valence-electron chi connectivity index (χ1n) is 10.2. The molecule has 0 atom stereocenters. The Labute approximate surface area is 190 Å². The van der Waals surface area contributed by atoms with Crippen molar-refractivity contribution in [1.82, 2.24) is 25.0 Å². The van der Waals surface area contributed by atoms with Crippen molar-refractivity contribution < 1.29 is 0 Å². The molecule has 8 heteroatoms. The molecule has 2 aromatic rings. The molecule has 1 aromatic carbocycles. The number of aliphatic imine (C=N–C) groups is 1. The average Bonchev–Trinajstić information content (AvgIpc) is 3.04. The fraction of sp³-hybridized carbons (Fsp3) is 0.571. The summed E-state index contributed by atoms with van der Waals surface area (Å²) >= 11 is 0. The number of aryl methyl sites for hydroxylation is 2. The van der Waals surface area contributed by atoms with Gasteiger partial charge in [0.05, 0.1) is 0 Å². The lowest BCUT2D eigenvalue weighted by Crippen LogP contribution is -2.43. The second-order valence-electron chi connectivity index (χ2n) is 7.99. The maximum absolute atomic E-state index is 12.4. The Morgan fingerprint density at radius 3 is 2.66 bits per heavy atom. The topological polar surface area (TPSA) is 76.2 Å². The van der Waals surface area contributed by atoms with Crippen molar-refractivity contribution >= 4 is 29.9 Å². The number of nitrogens with one attached hydrogen (secondary N) is 2. The van der Waals surface area contributed by atoms with Crippen molar-refractivity contribution in [3.05, 3.63) is 52.2 Å². The zero-order chi connectivity index (χ0) is 20.0. The van der Waals surface area contributed by atoms with E-state index in [0.29, 0.717) is 6.54 Å². The van der Waals surface area contributed by atoms with Crippen LogP contribution in [-0.2, 0) is 24.9 Å². The minimum atomic E-state index is 0. The molecule has 0 radical (unpaired) electrons. The van der Waals surface area contributed by atoms with E-state index in [2.05, 4.69) is 58.8 Å². The highest BCUT2D eigenvalue weighted by Crippen LogP contribution is 2.21. The minimum Gasteiger partial charge on any atom is -0.356 e. The highest BCUT2D eigenvalue weighted by Gasteiger charge is 2.20. The number of halogens is 1. The van der Waals surface area contributed by atoms with Crippen LogP contribution in [0, 0.1) is 0 Å². The van der Waals surface area contributed by atoms with Crippen molar-refractivity contribution in [3.63, 3.8) is 0 Å². The maximum atomic E-state index is 12.4. The first-order valence-corrected chi connectivity index (χ1v) is 10.2. The molecular weight excluding hydrogens is 479 g/mol. The number of fused-ring (bicyclic) bond motifs is 1. The van der Waals surface area contributed by atoms with Crippen LogP contribution in [0.4, 0.5) is 0 Å². The van der Waals surface area contributed by atoms with Crippen molar-refractivity contribution in [3.8, 4) is 0 Å². The van der Waals surface area contributed by atoms with Gasteiger partial charge < -0.3 is 10.6 Å². The van der Waals surface area contributed by atoms with Crippen LogP contribution in [0.3, 0.4) is 0 Å². The Bertz CT molecular complexity index is 856. The zero-order valence-corrected chi connectivity index (χ0v) is 20.0. The van der Waals surface area contributed by atoms with E-state index >= 15 is 0 Å². The second-order valence-corrected chi connectivity index (χ2v) is 7.99. The molecule has 0 saturated heterocycles. The monoisotopic (exact) mass is 512 g/mol. The highest BCUT2D eigenvalue weighted by atomic mass is 127. The molecule has 0 amide bonds. The van der Waals surface area contributed by atoms with Gasteiger partial charge >= 0.3 is 5.69 Å². The lowest BCUT2D eigenvalue weighted by molar-refractivity contribution is 0.503. The summed E-state index contributed by atoms with van der Waals surface area (Å²) in [6.07, 6.45) is 3.92. The number of nitrogens with zero attached hydrogens (tertiary/aromatic N) is 4. The summed E-state index contributed by atoms with van der Waals surface area (Å²) in [5.74, 6) is 1.71. The Morgan fingerprint density at radius 1 is 1.21 bits per heavy atom. The molecular formula is C21H33IN6O. The van der Waals surface area contributed by atoms with Crippen LogP contribution in [0.2, 0.25) is 0 Å². The van der Waals surface area contributed by atoms with E-state index in [1.165, 1.54) is 5.56 Å². The van der Waals surface area contributed by atoms with Crippen LogP contribution in [-0.4, -0.2) is 40.4 Å². The molecule has 7 nitrogen and oxygen atoms in total. The first-order chi connectivity index (χ1) is 13.5. The van der Waals surface area contributed by atoms with Crippen molar-refractivity contribution in [2.24, 2.45) is 4.99 Å². The van der Waals surface area contributed by atoms with Crippen LogP contribution in [0.5, 0.6) is 0 Å². The third kappa shape index (κ3) is 6.07. The Kier molecular flexibility index (Phi) is 8.73. The molecule has 2 heterocycles. The lowest BCUT2D eigenvalue weighted by Gasteiger charge is -2.26. The quantitative estimate of drug-likeness (QED) is 0.259. The number of hydrogen-bond donors (Lipinski definition) is 2. The molecule has 1 aliphatic heterocycles. The van der Waals surface area contributed by atoms with Gasteiger partial charge in [0.15, 0.2) is 5.96 Å². The SMILES string of the molecule is CN=C(NCCCn1nc2n(c1=O)CCCC2)NCC(C)(C)c1ccccc1.I. The molecule has 1 aliphatic rings. The summed E-state index contributed by atoms with van der Waals surface area (Å²) in [5, 5.41) is 11.2. The van der Waals surface area contributed by atoms with Gasteiger partial charge in [0, 0.05) is 45.1 Å². The number of benzene rings is 1. The molecule has 1 aromatic heterocycles. The smallest absolute Gasteiger partial charge is 0.345 e. The van der Waals surface area contributed by atoms with Gasteiger partial charge in [-0.3, -0.25) is 9.56 Å². The largest absolute Gasteiger partial charge is 0.356 e. The van der Waals surface area contributed by atoms with Crippen molar-refractivity contribution in [2.45, 2.75) is 58.0 Å². The fourth-order valence-corrected chi connectivity index (χ4v) is 3.55. The van der Waals surface area contributed by atoms with Crippen LogP contribution in [0.15, 0.2) is 40.1 Å². The van der Waals surface area contributed by atoms with Crippen LogP contribution in [0.25, 0.3) is 0 Å². The van der Waals surface area contributed by atoms with E-state index < -0.39 is 0 Å². The van der Waals surface area contributed by atoms with Gasteiger partial charge in [0.2, 0.25) is 0 Å². The molecule has 2 N–H and O–H groups in total. The van der Waals surface area contributed by atoms with Crippen molar-refractivity contribution in [2.75, 3.05) is 20.1 Å². The van der Waals surface area contributed by atoms with Crippen LogP contribution in [0.1, 0.15) is 44.5 Å². The summed E-state index contributed by atoms with van der Waals surface area (Å²) in [6, 6.07) is 10.5. The molecule has 29 heavy (non-hydrogen) atoms. The lowest BCUT2D eigenvalue weighted by atomic mass is 9.85. The van der Waals surface area contributed by atoms with Crippen molar-refractivity contribution in [1.29, 1.82) is 0 Å². The van der Waals surface area contributed by atoms with Gasteiger partial charge in [-0.15, -0.1) is 24.0 Å². The zero-order valence-electron chi connectivity index (χ0n) is 17.6. The molecule has 160 valence electrons. The Balaban J connectivity index is 0.00000300.